The van der Waals surface area contributed by atoms with E-state index in [4.69, 9.17) is 12.2 Å². The summed E-state index contributed by atoms with van der Waals surface area (Å²) in [6, 6.07) is 4.32. The Kier molecular flexibility index (Phi) is 4.25. The second-order valence-electron chi connectivity index (χ2n) is 6.12. The second kappa shape index (κ2) is 6.25. The molecule has 2 aliphatic rings. The van der Waals surface area contributed by atoms with Gasteiger partial charge in [0.15, 0.2) is 5.11 Å². The van der Waals surface area contributed by atoms with Gasteiger partial charge in [-0.25, -0.2) is 0 Å². The molecule has 1 aliphatic carbocycles. The molecule has 2 amide bonds. The molecule has 1 aliphatic heterocycles. The van der Waals surface area contributed by atoms with Gasteiger partial charge in [-0.15, -0.1) is 0 Å². The van der Waals surface area contributed by atoms with Crippen molar-refractivity contribution in [2.75, 3.05) is 19.0 Å². The fraction of sp³-hybridized carbons (Fsp3) is 0.312. The quantitative estimate of drug-likeness (QED) is 0.287. The number of nitro groups is 1. The van der Waals surface area contributed by atoms with Gasteiger partial charge in [0.1, 0.15) is 5.57 Å². The molecule has 1 N–H and O–H groups in total. The van der Waals surface area contributed by atoms with E-state index >= 15 is 0 Å². The van der Waals surface area contributed by atoms with E-state index in [2.05, 4.69) is 5.32 Å². The van der Waals surface area contributed by atoms with Crippen LogP contribution in [0.25, 0.3) is 6.08 Å². The van der Waals surface area contributed by atoms with Crippen LogP contribution in [-0.2, 0) is 9.59 Å². The van der Waals surface area contributed by atoms with E-state index in [0.29, 0.717) is 11.3 Å². The van der Waals surface area contributed by atoms with Crippen molar-refractivity contribution in [2.45, 2.75) is 18.9 Å². The van der Waals surface area contributed by atoms with Crippen LogP contribution < -0.4 is 10.2 Å². The molecule has 1 heterocycles. The van der Waals surface area contributed by atoms with Crippen LogP contribution in [0, 0.1) is 10.1 Å². The van der Waals surface area contributed by atoms with E-state index in [1.807, 2.05) is 0 Å². The Morgan fingerprint density at radius 2 is 2.04 bits per heavy atom. The van der Waals surface area contributed by atoms with E-state index in [-0.39, 0.29) is 22.4 Å². The van der Waals surface area contributed by atoms with Crippen molar-refractivity contribution in [3.05, 3.63) is 39.4 Å². The Bertz CT molecular complexity index is 829. The smallest absolute Gasteiger partial charge is 0.270 e. The third-order valence-electron chi connectivity index (χ3n) is 4.05. The van der Waals surface area contributed by atoms with Gasteiger partial charge < -0.3 is 4.90 Å². The zero-order valence-corrected chi connectivity index (χ0v) is 14.5. The molecule has 1 saturated heterocycles. The molecule has 1 aromatic carbocycles. The number of nitro benzene ring substituents is 1. The van der Waals surface area contributed by atoms with Crippen molar-refractivity contribution in [1.29, 1.82) is 0 Å². The van der Waals surface area contributed by atoms with Crippen LogP contribution in [0.5, 0.6) is 0 Å². The fourth-order valence-electron chi connectivity index (χ4n) is 2.67. The number of thiocarbonyl (C=S) groups is 1. The van der Waals surface area contributed by atoms with E-state index in [0.717, 1.165) is 12.8 Å². The Hall–Kier alpha value is -2.81. The highest BCUT2D eigenvalue weighted by atomic mass is 32.1. The van der Waals surface area contributed by atoms with Crippen molar-refractivity contribution in [3.8, 4) is 0 Å². The first-order chi connectivity index (χ1) is 11.8. The molecule has 0 spiro atoms. The third kappa shape index (κ3) is 3.22. The number of benzene rings is 1. The Morgan fingerprint density at radius 3 is 2.60 bits per heavy atom. The van der Waals surface area contributed by atoms with Crippen LogP contribution in [0.3, 0.4) is 0 Å². The fourth-order valence-corrected chi connectivity index (χ4v) is 2.99. The van der Waals surface area contributed by atoms with Crippen LogP contribution >= 0.6 is 12.2 Å². The number of anilines is 1. The molecular formula is C16H16N4O4S. The van der Waals surface area contributed by atoms with E-state index < -0.39 is 16.7 Å². The van der Waals surface area contributed by atoms with Crippen LogP contribution in [0.4, 0.5) is 11.4 Å². The van der Waals surface area contributed by atoms with Gasteiger partial charge >= 0.3 is 0 Å². The summed E-state index contributed by atoms with van der Waals surface area (Å²) in [4.78, 5) is 38.6. The minimum Gasteiger partial charge on any atom is -0.377 e. The van der Waals surface area contributed by atoms with E-state index in [1.165, 1.54) is 23.1 Å². The molecule has 9 heteroatoms. The number of nitrogens with one attached hydrogen (secondary N) is 1. The van der Waals surface area contributed by atoms with Gasteiger partial charge in [-0.05, 0) is 37.2 Å². The number of hydrogen-bond donors (Lipinski definition) is 1. The Balaban J connectivity index is 2.07. The zero-order valence-electron chi connectivity index (χ0n) is 13.7. The maximum absolute atomic E-state index is 12.7. The number of rotatable bonds is 4. The molecule has 1 saturated carbocycles. The largest absolute Gasteiger partial charge is 0.377 e. The maximum atomic E-state index is 12.7. The number of amides is 2. The molecule has 1 aromatic rings. The van der Waals surface area contributed by atoms with Crippen LogP contribution in [0.1, 0.15) is 18.4 Å². The predicted molar refractivity (Wildman–Crippen MR) is 96.0 cm³/mol. The van der Waals surface area contributed by atoms with Gasteiger partial charge in [0, 0.05) is 43.5 Å². The monoisotopic (exact) mass is 360 g/mol. The Morgan fingerprint density at radius 1 is 1.36 bits per heavy atom. The summed E-state index contributed by atoms with van der Waals surface area (Å²) in [6.07, 6.45) is 3.07. The minimum atomic E-state index is -0.594. The lowest BCUT2D eigenvalue weighted by molar-refractivity contribution is -0.384. The molecule has 0 atom stereocenters. The number of carbonyl (C=O) groups excluding carboxylic acids is 2. The van der Waals surface area contributed by atoms with Crippen LogP contribution in [0.15, 0.2) is 23.8 Å². The molecule has 25 heavy (non-hydrogen) atoms. The van der Waals surface area contributed by atoms with Gasteiger partial charge in [-0.1, -0.05) is 0 Å². The number of carbonyl (C=O) groups is 2. The van der Waals surface area contributed by atoms with Crippen molar-refractivity contribution in [2.24, 2.45) is 0 Å². The number of non-ortho nitro benzene ring substituents is 1. The van der Waals surface area contributed by atoms with Crippen LogP contribution in [0.2, 0.25) is 0 Å². The van der Waals surface area contributed by atoms with E-state index in [9.17, 15) is 19.7 Å². The summed E-state index contributed by atoms with van der Waals surface area (Å²) in [7, 11) is 3.55. The summed E-state index contributed by atoms with van der Waals surface area (Å²) in [5, 5.41) is 13.7. The summed E-state index contributed by atoms with van der Waals surface area (Å²) in [6.45, 7) is 0. The zero-order chi connectivity index (χ0) is 18.3. The topological polar surface area (TPSA) is 95.8 Å². The van der Waals surface area contributed by atoms with Crippen molar-refractivity contribution >= 4 is 46.6 Å². The summed E-state index contributed by atoms with van der Waals surface area (Å²) in [5.41, 5.74) is 0.880. The molecule has 0 bridgehead atoms. The average Bonchev–Trinajstić information content (AvgIpc) is 3.35. The molecule has 130 valence electrons. The summed E-state index contributed by atoms with van der Waals surface area (Å²) >= 11 is 5.09. The number of nitrogens with zero attached hydrogens (tertiary/aromatic N) is 3. The first-order valence-electron chi connectivity index (χ1n) is 7.66. The highest BCUT2D eigenvalue weighted by Gasteiger charge is 2.42. The van der Waals surface area contributed by atoms with Gasteiger partial charge in [0.05, 0.1) is 4.92 Å². The van der Waals surface area contributed by atoms with Crippen molar-refractivity contribution in [1.82, 2.24) is 10.2 Å². The average molecular weight is 360 g/mol. The normalized spacial score (nSPS) is 19.2. The molecule has 0 unspecified atom stereocenters. The molecule has 8 nitrogen and oxygen atoms in total. The molecule has 2 fully saturated rings. The van der Waals surface area contributed by atoms with Crippen molar-refractivity contribution < 1.29 is 14.5 Å². The number of hydrogen-bond acceptors (Lipinski definition) is 6. The van der Waals surface area contributed by atoms with E-state index in [1.54, 1.807) is 25.1 Å². The van der Waals surface area contributed by atoms with Gasteiger partial charge in [0.2, 0.25) is 0 Å². The maximum Gasteiger partial charge on any atom is 0.270 e. The SMILES string of the molecule is CN(C)c1ccc([N+](=O)[O-])cc1/C=C1/C(=O)NC(=S)N(C2CC2)C1=O. The highest BCUT2D eigenvalue weighted by Crippen LogP contribution is 2.32. The molecular weight excluding hydrogens is 344 g/mol. The first-order valence-corrected chi connectivity index (χ1v) is 8.06. The third-order valence-corrected chi connectivity index (χ3v) is 4.35. The summed E-state index contributed by atoms with van der Waals surface area (Å²) < 4.78 is 0. The minimum absolute atomic E-state index is 0.0161. The highest BCUT2D eigenvalue weighted by molar-refractivity contribution is 7.80. The van der Waals surface area contributed by atoms with Gasteiger partial charge in [-0.3, -0.25) is 29.9 Å². The Labute approximate surface area is 149 Å². The lowest BCUT2D eigenvalue weighted by atomic mass is 10.0. The lowest BCUT2D eigenvalue weighted by Crippen LogP contribution is -2.54. The molecule has 0 aromatic heterocycles. The molecule has 0 radical (unpaired) electrons. The standard InChI is InChI=1S/C16H16N4O4S/c1-18(2)13-6-5-11(20(23)24)7-9(13)8-12-14(21)17-16(25)19(15(12)22)10-3-4-10/h5-8,10H,3-4H2,1-2H3,(H,17,21,25)/b12-8-. The van der Waals surface area contributed by atoms with Gasteiger partial charge in [-0.2, -0.15) is 0 Å². The first kappa shape index (κ1) is 17.0. The van der Waals surface area contributed by atoms with Crippen LogP contribution in [-0.4, -0.2) is 46.9 Å². The van der Waals surface area contributed by atoms with Gasteiger partial charge in [0.25, 0.3) is 17.5 Å². The predicted octanol–water partition coefficient (Wildman–Crippen LogP) is 1.45. The summed E-state index contributed by atoms with van der Waals surface area (Å²) in [5.74, 6) is -1.06. The van der Waals surface area contributed by atoms with Crippen molar-refractivity contribution in [3.63, 3.8) is 0 Å². The second-order valence-corrected chi connectivity index (χ2v) is 6.50. The lowest BCUT2D eigenvalue weighted by Gasteiger charge is -2.29. The molecule has 3 rings (SSSR count).